The molecule has 0 aliphatic heterocycles. The number of ether oxygens (including phenoxy) is 1. The van der Waals surface area contributed by atoms with Crippen molar-refractivity contribution in [3.05, 3.63) is 35.9 Å². The molecule has 0 unspecified atom stereocenters. The van der Waals surface area contributed by atoms with Gasteiger partial charge in [0.25, 0.3) is 0 Å². The van der Waals surface area contributed by atoms with Crippen LogP contribution in [0.5, 0.6) is 0 Å². The minimum absolute atomic E-state index is 0.228. The summed E-state index contributed by atoms with van der Waals surface area (Å²) in [6, 6.07) is 10.3. The normalized spacial score (nSPS) is 9.06. The van der Waals surface area contributed by atoms with Gasteiger partial charge in [0.15, 0.2) is 0 Å². The molecular formula is C13H18O3. The molecule has 1 aromatic rings. The Kier molecular flexibility index (Phi) is 6.84. The predicted octanol–water partition coefficient (Wildman–Crippen LogP) is 2.73. The third-order valence-corrected chi connectivity index (χ3v) is 1.66. The van der Waals surface area contributed by atoms with Gasteiger partial charge in [-0.25, -0.2) is 0 Å². The molecule has 3 nitrogen and oxygen atoms in total. The van der Waals surface area contributed by atoms with E-state index in [1.165, 1.54) is 12.5 Å². The van der Waals surface area contributed by atoms with Crippen molar-refractivity contribution in [2.45, 2.75) is 27.7 Å². The maximum atomic E-state index is 10.5. The highest BCUT2D eigenvalue weighted by molar-refractivity contribution is 5.85. The number of aryl methyl sites for hydroxylation is 1. The van der Waals surface area contributed by atoms with Crippen molar-refractivity contribution < 1.29 is 14.3 Å². The average Bonchev–Trinajstić information content (AvgIpc) is 2.18. The van der Waals surface area contributed by atoms with Gasteiger partial charge in [-0.2, -0.15) is 0 Å². The van der Waals surface area contributed by atoms with Gasteiger partial charge in [0, 0.05) is 6.92 Å². The fourth-order valence-electron chi connectivity index (χ4n) is 0.794. The number of rotatable bonds is 1. The van der Waals surface area contributed by atoms with Gasteiger partial charge in [-0.15, -0.1) is 0 Å². The van der Waals surface area contributed by atoms with E-state index in [4.69, 9.17) is 0 Å². The fourth-order valence-corrected chi connectivity index (χ4v) is 0.794. The van der Waals surface area contributed by atoms with Crippen molar-refractivity contribution in [3.8, 4) is 0 Å². The molecule has 0 amide bonds. The van der Waals surface area contributed by atoms with Crippen molar-refractivity contribution in [1.82, 2.24) is 0 Å². The molecule has 0 spiro atoms. The van der Waals surface area contributed by atoms with Crippen molar-refractivity contribution >= 4 is 11.9 Å². The molecule has 0 fully saturated rings. The summed E-state index contributed by atoms with van der Waals surface area (Å²) in [6.07, 6.45) is 0. The minimum Gasteiger partial charge on any atom is -0.393 e. The molecule has 3 heteroatoms. The molecule has 0 saturated heterocycles. The lowest BCUT2D eigenvalue weighted by atomic mass is 10.2. The molecule has 0 N–H and O–H groups in total. The molecule has 1 aromatic carbocycles. The van der Waals surface area contributed by atoms with E-state index in [0.29, 0.717) is 0 Å². The Morgan fingerprint density at radius 2 is 1.62 bits per heavy atom. The molecule has 0 radical (unpaired) electrons. The van der Waals surface area contributed by atoms with E-state index < -0.39 is 11.9 Å². The molecule has 88 valence electrons. The highest BCUT2D eigenvalue weighted by Gasteiger charge is 2.09. The number of carbonyl (C=O) groups is 2. The first-order valence-electron chi connectivity index (χ1n) is 5.17. The minimum atomic E-state index is -0.547. The van der Waals surface area contributed by atoms with Crippen molar-refractivity contribution in [2.75, 3.05) is 0 Å². The monoisotopic (exact) mass is 222 g/mol. The van der Waals surface area contributed by atoms with Crippen molar-refractivity contribution in [2.24, 2.45) is 5.92 Å². The van der Waals surface area contributed by atoms with Crippen LogP contribution in [0.4, 0.5) is 0 Å². The van der Waals surface area contributed by atoms with E-state index in [2.05, 4.69) is 23.8 Å². The van der Waals surface area contributed by atoms with Crippen LogP contribution in [0, 0.1) is 12.8 Å². The lowest BCUT2D eigenvalue weighted by Crippen LogP contribution is -2.14. The van der Waals surface area contributed by atoms with Gasteiger partial charge >= 0.3 is 11.9 Å². The number of benzene rings is 1. The molecule has 0 aliphatic rings. The van der Waals surface area contributed by atoms with Gasteiger partial charge in [-0.05, 0) is 6.92 Å². The van der Waals surface area contributed by atoms with Crippen LogP contribution in [0.15, 0.2) is 30.3 Å². The Morgan fingerprint density at radius 3 is 1.81 bits per heavy atom. The van der Waals surface area contributed by atoms with Gasteiger partial charge in [0.2, 0.25) is 0 Å². The Morgan fingerprint density at radius 1 is 1.12 bits per heavy atom. The van der Waals surface area contributed by atoms with E-state index >= 15 is 0 Å². The van der Waals surface area contributed by atoms with E-state index in [1.54, 1.807) is 13.8 Å². The third-order valence-electron chi connectivity index (χ3n) is 1.66. The van der Waals surface area contributed by atoms with Gasteiger partial charge in [-0.1, -0.05) is 49.7 Å². The maximum absolute atomic E-state index is 10.5. The second-order valence-electron chi connectivity index (χ2n) is 3.72. The zero-order chi connectivity index (χ0) is 12.6. The van der Waals surface area contributed by atoms with Crippen LogP contribution < -0.4 is 0 Å². The average molecular weight is 222 g/mol. The Balaban J connectivity index is 0.000000288. The van der Waals surface area contributed by atoms with Gasteiger partial charge in [0.05, 0.1) is 5.92 Å². The quantitative estimate of drug-likeness (QED) is 0.542. The first-order valence-corrected chi connectivity index (χ1v) is 5.17. The first-order chi connectivity index (χ1) is 7.43. The smallest absolute Gasteiger partial charge is 0.316 e. The summed E-state index contributed by atoms with van der Waals surface area (Å²) in [5.74, 6) is -1.25. The van der Waals surface area contributed by atoms with E-state index in [9.17, 15) is 9.59 Å². The summed E-state index contributed by atoms with van der Waals surface area (Å²) < 4.78 is 4.23. The summed E-state index contributed by atoms with van der Waals surface area (Å²) in [5.41, 5.74) is 1.32. The van der Waals surface area contributed by atoms with E-state index in [0.717, 1.165) is 0 Å². The van der Waals surface area contributed by atoms with Gasteiger partial charge in [-0.3, -0.25) is 9.59 Å². The molecule has 0 heterocycles. The largest absolute Gasteiger partial charge is 0.393 e. The lowest BCUT2D eigenvalue weighted by molar-refractivity contribution is -0.160. The molecule has 0 saturated carbocycles. The molecule has 0 atom stereocenters. The molecular weight excluding hydrogens is 204 g/mol. The number of hydrogen-bond donors (Lipinski definition) is 0. The van der Waals surface area contributed by atoms with Crippen LogP contribution >= 0.6 is 0 Å². The second-order valence-corrected chi connectivity index (χ2v) is 3.72. The predicted molar refractivity (Wildman–Crippen MR) is 62.8 cm³/mol. The highest BCUT2D eigenvalue weighted by Crippen LogP contribution is 1.95. The molecule has 0 aromatic heterocycles. The van der Waals surface area contributed by atoms with Crippen LogP contribution in [0.2, 0.25) is 0 Å². The molecule has 16 heavy (non-hydrogen) atoms. The van der Waals surface area contributed by atoms with Gasteiger partial charge < -0.3 is 4.74 Å². The zero-order valence-electron chi connectivity index (χ0n) is 10.2. The third kappa shape index (κ3) is 7.74. The Bertz CT molecular complexity index is 328. The van der Waals surface area contributed by atoms with Crippen molar-refractivity contribution in [3.63, 3.8) is 0 Å². The number of carbonyl (C=O) groups excluding carboxylic acids is 2. The topological polar surface area (TPSA) is 43.4 Å². The van der Waals surface area contributed by atoms with Crippen LogP contribution in [-0.2, 0) is 14.3 Å². The molecule has 0 bridgehead atoms. The van der Waals surface area contributed by atoms with E-state index in [-0.39, 0.29) is 5.92 Å². The summed E-state index contributed by atoms with van der Waals surface area (Å²) >= 11 is 0. The fraction of sp³-hybridized carbons (Fsp3) is 0.385. The number of hydrogen-bond acceptors (Lipinski definition) is 3. The lowest BCUT2D eigenvalue weighted by Gasteiger charge is -2.00. The number of esters is 2. The summed E-state index contributed by atoms with van der Waals surface area (Å²) in [5, 5.41) is 0. The van der Waals surface area contributed by atoms with Crippen LogP contribution in [0.3, 0.4) is 0 Å². The first kappa shape index (κ1) is 14.4. The molecule has 0 aliphatic carbocycles. The summed E-state index contributed by atoms with van der Waals surface area (Å²) in [7, 11) is 0. The zero-order valence-corrected chi connectivity index (χ0v) is 10.2. The Hall–Kier alpha value is -1.64. The summed E-state index contributed by atoms with van der Waals surface area (Å²) in [4.78, 5) is 20.6. The van der Waals surface area contributed by atoms with E-state index in [1.807, 2.05) is 18.2 Å². The molecule has 1 rings (SSSR count). The van der Waals surface area contributed by atoms with Crippen molar-refractivity contribution in [1.29, 1.82) is 0 Å². The highest BCUT2D eigenvalue weighted by atomic mass is 16.6. The maximum Gasteiger partial charge on any atom is 0.316 e. The van der Waals surface area contributed by atoms with Gasteiger partial charge in [0.1, 0.15) is 0 Å². The Labute approximate surface area is 96.4 Å². The van der Waals surface area contributed by atoms with Crippen LogP contribution in [0.25, 0.3) is 0 Å². The SMILES string of the molecule is CC(=O)OC(=O)C(C)C.Cc1ccccc1. The summed E-state index contributed by atoms with van der Waals surface area (Å²) in [6.45, 7) is 6.64. The second kappa shape index (κ2) is 7.63. The van der Waals surface area contributed by atoms with Crippen LogP contribution in [0.1, 0.15) is 26.3 Å². The standard InChI is InChI=1S/C7H8.C6H10O3/c1-7-5-3-2-4-6-7;1-4(2)6(8)9-5(3)7/h2-6H,1H3;4H,1-3H3. The van der Waals surface area contributed by atoms with Crippen LogP contribution in [-0.4, -0.2) is 11.9 Å².